The number of halogens is 1. The molecule has 1 aliphatic heterocycles. The van der Waals surface area contributed by atoms with Crippen LogP contribution in [-0.4, -0.2) is 49.1 Å². The molecule has 1 fully saturated rings. The van der Waals surface area contributed by atoms with E-state index in [-0.39, 0.29) is 0 Å². The van der Waals surface area contributed by atoms with Gasteiger partial charge in [0.05, 0.1) is 0 Å². The summed E-state index contributed by atoms with van der Waals surface area (Å²) in [5.41, 5.74) is 7.22. The van der Waals surface area contributed by atoms with Crippen molar-refractivity contribution in [1.29, 1.82) is 0 Å². The fourth-order valence-corrected chi connectivity index (χ4v) is 2.70. The third kappa shape index (κ3) is 3.23. The Kier molecular flexibility index (Phi) is 5.01. The van der Waals surface area contributed by atoms with Crippen LogP contribution in [0.1, 0.15) is 18.5 Å². The third-order valence-electron chi connectivity index (χ3n) is 3.77. The van der Waals surface area contributed by atoms with Crippen LogP contribution in [0.15, 0.2) is 24.3 Å². The van der Waals surface area contributed by atoms with Crippen molar-refractivity contribution in [2.45, 2.75) is 13.0 Å². The summed E-state index contributed by atoms with van der Waals surface area (Å²) in [6.07, 6.45) is 0. The first-order valence-electron chi connectivity index (χ1n) is 6.66. The quantitative estimate of drug-likeness (QED) is 0.906. The van der Waals surface area contributed by atoms with Crippen LogP contribution in [0.2, 0.25) is 5.02 Å². The lowest BCUT2D eigenvalue weighted by Crippen LogP contribution is -2.48. The SMILES string of the molecule is CCN1CCN([C@H](CN)c2ccc(Cl)cc2)CC1. The summed E-state index contributed by atoms with van der Waals surface area (Å²) in [5, 5.41) is 0.783. The van der Waals surface area contributed by atoms with Crippen LogP contribution in [0.25, 0.3) is 0 Å². The summed E-state index contributed by atoms with van der Waals surface area (Å²) in [5.74, 6) is 0. The van der Waals surface area contributed by atoms with Crippen LogP contribution in [0.5, 0.6) is 0 Å². The maximum Gasteiger partial charge on any atom is 0.0471 e. The summed E-state index contributed by atoms with van der Waals surface area (Å²) < 4.78 is 0. The molecular weight excluding hydrogens is 246 g/mol. The zero-order valence-corrected chi connectivity index (χ0v) is 11.7. The van der Waals surface area contributed by atoms with Gasteiger partial charge in [-0.05, 0) is 24.2 Å². The smallest absolute Gasteiger partial charge is 0.0471 e. The predicted octanol–water partition coefficient (Wildman–Crippen LogP) is 1.98. The van der Waals surface area contributed by atoms with Crippen molar-refractivity contribution < 1.29 is 0 Å². The number of likely N-dealkylation sites (N-methyl/N-ethyl adjacent to an activating group) is 1. The van der Waals surface area contributed by atoms with E-state index in [0.29, 0.717) is 12.6 Å². The predicted molar refractivity (Wildman–Crippen MR) is 76.9 cm³/mol. The topological polar surface area (TPSA) is 32.5 Å². The van der Waals surface area contributed by atoms with Gasteiger partial charge in [0.25, 0.3) is 0 Å². The number of hydrogen-bond acceptors (Lipinski definition) is 3. The van der Waals surface area contributed by atoms with E-state index >= 15 is 0 Å². The first-order chi connectivity index (χ1) is 8.74. The van der Waals surface area contributed by atoms with E-state index in [0.717, 1.165) is 37.7 Å². The van der Waals surface area contributed by atoms with Gasteiger partial charge in [-0.3, -0.25) is 4.90 Å². The van der Waals surface area contributed by atoms with Gasteiger partial charge in [0, 0.05) is 43.8 Å². The number of hydrogen-bond donors (Lipinski definition) is 1. The minimum absolute atomic E-state index is 0.321. The van der Waals surface area contributed by atoms with Gasteiger partial charge >= 0.3 is 0 Å². The maximum absolute atomic E-state index is 5.95. The molecular formula is C14H22ClN3. The van der Waals surface area contributed by atoms with Crippen LogP contribution in [0.3, 0.4) is 0 Å². The number of nitrogens with zero attached hydrogens (tertiary/aromatic N) is 2. The number of rotatable bonds is 4. The zero-order valence-electron chi connectivity index (χ0n) is 11.0. The third-order valence-corrected chi connectivity index (χ3v) is 4.02. The molecule has 1 heterocycles. The molecule has 1 aliphatic rings. The molecule has 2 N–H and O–H groups in total. The molecule has 2 rings (SSSR count). The summed E-state index contributed by atoms with van der Waals surface area (Å²) in [6.45, 7) is 8.49. The van der Waals surface area contributed by atoms with Crippen LogP contribution < -0.4 is 5.73 Å². The van der Waals surface area contributed by atoms with Crippen molar-refractivity contribution in [3.05, 3.63) is 34.9 Å². The standard InChI is InChI=1S/C14H22ClN3/c1-2-17-7-9-18(10-8-17)14(11-16)12-3-5-13(15)6-4-12/h3-6,14H,2,7-11,16H2,1H3/t14-/m1/s1. The molecule has 100 valence electrons. The van der Waals surface area contributed by atoms with Gasteiger partial charge in [-0.1, -0.05) is 30.7 Å². The summed E-state index contributed by atoms with van der Waals surface area (Å²) in [6, 6.07) is 8.39. The average molecular weight is 268 g/mol. The molecule has 1 aromatic rings. The average Bonchev–Trinajstić information content (AvgIpc) is 2.42. The van der Waals surface area contributed by atoms with Gasteiger partial charge < -0.3 is 10.6 Å². The van der Waals surface area contributed by atoms with E-state index in [9.17, 15) is 0 Å². The van der Waals surface area contributed by atoms with Crippen molar-refractivity contribution >= 4 is 11.6 Å². The van der Waals surface area contributed by atoms with Gasteiger partial charge in [-0.15, -0.1) is 0 Å². The molecule has 1 saturated heterocycles. The summed E-state index contributed by atoms with van der Waals surface area (Å²) in [4.78, 5) is 4.96. The molecule has 4 heteroatoms. The van der Waals surface area contributed by atoms with Crippen LogP contribution >= 0.6 is 11.6 Å². The maximum atomic E-state index is 5.95. The molecule has 18 heavy (non-hydrogen) atoms. The Morgan fingerprint density at radius 1 is 1.17 bits per heavy atom. The van der Waals surface area contributed by atoms with E-state index in [1.165, 1.54) is 5.56 Å². The molecule has 1 atom stereocenters. The zero-order chi connectivity index (χ0) is 13.0. The molecule has 0 unspecified atom stereocenters. The Morgan fingerprint density at radius 2 is 1.78 bits per heavy atom. The Hall–Kier alpha value is -0.610. The van der Waals surface area contributed by atoms with Gasteiger partial charge in [-0.25, -0.2) is 0 Å². The Morgan fingerprint density at radius 3 is 2.28 bits per heavy atom. The molecule has 0 aliphatic carbocycles. The highest BCUT2D eigenvalue weighted by Crippen LogP contribution is 2.22. The normalized spacial score (nSPS) is 19.9. The molecule has 0 spiro atoms. The van der Waals surface area contributed by atoms with Crippen molar-refractivity contribution in [3.8, 4) is 0 Å². The number of nitrogens with two attached hydrogens (primary N) is 1. The van der Waals surface area contributed by atoms with Gasteiger partial charge in [0.1, 0.15) is 0 Å². The van der Waals surface area contributed by atoms with E-state index in [4.69, 9.17) is 17.3 Å². The van der Waals surface area contributed by atoms with Crippen LogP contribution in [-0.2, 0) is 0 Å². The Balaban J connectivity index is 2.03. The van der Waals surface area contributed by atoms with Crippen LogP contribution in [0, 0.1) is 0 Å². The molecule has 0 amide bonds. The molecule has 3 nitrogen and oxygen atoms in total. The van der Waals surface area contributed by atoms with E-state index in [1.54, 1.807) is 0 Å². The van der Waals surface area contributed by atoms with Gasteiger partial charge in [0.2, 0.25) is 0 Å². The molecule has 0 bridgehead atoms. The number of benzene rings is 1. The fourth-order valence-electron chi connectivity index (χ4n) is 2.57. The highest BCUT2D eigenvalue weighted by Gasteiger charge is 2.23. The second-order valence-electron chi connectivity index (χ2n) is 4.77. The summed E-state index contributed by atoms with van der Waals surface area (Å²) in [7, 11) is 0. The lowest BCUT2D eigenvalue weighted by atomic mass is 10.0. The first kappa shape index (κ1) is 13.8. The fraction of sp³-hybridized carbons (Fsp3) is 0.571. The summed E-state index contributed by atoms with van der Waals surface area (Å²) >= 11 is 5.93. The van der Waals surface area contributed by atoms with Crippen molar-refractivity contribution in [2.75, 3.05) is 39.3 Å². The second kappa shape index (κ2) is 6.53. The van der Waals surface area contributed by atoms with E-state index < -0.39 is 0 Å². The second-order valence-corrected chi connectivity index (χ2v) is 5.21. The molecule has 0 radical (unpaired) electrons. The van der Waals surface area contributed by atoms with E-state index in [2.05, 4.69) is 28.9 Å². The van der Waals surface area contributed by atoms with E-state index in [1.807, 2.05) is 12.1 Å². The highest BCUT2D eigenvalue weighted by atomic mass is 35.5. The first-order valence-corrected chi connectivity index (χ1v) is 7.04. The van der Waals surface area contributed by atoms with Crippen molar-refractivity contribution in [3.63, 3.8) is 0 Å². The van der Waals surface area contributed by atoms with Crippen molar-refractivity contribution in [2.24, 2.45) is 5.73 Å². The molecule has 0 aromatic heterocycles. The van der Waals surface area contributed by atoms with Crippen LogP contribution in [0.4, 0.5) is 0 Å². The Bertz CT molecular complexity index is 358. The lowest BCUT2D eigenvalue weighted by Gasteiger charge is -2.38. The molecule has 0 saturated carbocycles. The minimum atomic E-state index is 0.321. The lowest BCUT2D eigenvalue weighted by molar-refractivity contribution is 0.102. The monoisotopic (exact) mass is 267 g/mol. The van der Waals surface area contributed by atoms with Gasteiger partial charge in [0.15, 0.2) is 0 Å². The highest BCUT2D eigenvalue weighted by molar-refractivity contribution is 6.30. The molecule has 1 aromatic carbocycles. The largest absolute Gasteiger partial charge is 0.329 e. The van der Waals surface area contributed by atoms with Crippen molar-refractivity contribution in [1.82, 2.24) is 9.80 Å². The number of piperazine rings is 1. The minimum Gasteiger partial charge on any atom is -0.329 e. The van der Waals surface area contributed by atoms with Gasteiger partial charge in [-0.2, -0.15) is 0 Å². The Labute approximate surface area is 115 Å².